The Morgan fingerprint density at radius 3 is 2.81 bits per heavy atom. The number of piperidine rings is 1. The van der Waals surface area contributed by atoms with Crippen LogP contribution >= 0.6 is 11.6 Å². The predicted octanol–water partition coefficient (Wildman–Crippen LogP) is 3.34. The molecule has 0 saturated carbocycles. The van der Waals surface area contributed by atoms with E-state index < -0.39 is 17.7 Å². The molecule has 2 rings (SSSR count). The SMILES string of the molecule is O=C(O)CCC1CCCCN1C(=O)c1c(F)cccc1Cl. The maximum atomic E-state index is 13.9. The Kier molecular flexibility index (Phi) is 5.17. The number of halogens is 2. The van der Waals surface area contributed by atoms with Gasteiger partial charge in [0.2, 0.25) is 0 Å². The lowest BCUT2D eigenvalue weighted by atomic mass is 9.97. The number of carbonyl (C=O) groups is 2. The van der Waals surface area contributed by atoms with Gasteiger partial charge in [-0.05, 0) is 37.8 Å². The molecule has 0 radical (unpaired) electrons. The first-order chi connectivity index (χ1) is 10.0. The number of amides is 1. The quantitative estimate of drug-likeness (QED) is 0.927. The third-order valence-corrected chi connectivity index (χ3v) is 4.07. The molecular formula is C15H17ClFNO3. The molecule has 0 bridgehead atoms. The topological polar surface area (TPSA) is 57.6 Å². The number of carboxylic acids is 1. The van der Waals surface area contributed by atoms with E-state index in [1.165, 1.54) is 18.2 Å². The van der Waals surface area contributed by atoms with E-state index >= 15 is 0 Å². The first kappa shape index (κ1) is 15.8. The second-order valence-corrected chi connectivity index (χ2v) is 5.58. The lowest BCUT2D eigenvalue weighted by molar-refractivity contribution is -0.137. The van der Waals surface area contributed by atoms with Gasteiger partial charge in [-0.1, -0.05) is 17.7 Å². The van der Waals surface area contributed by atoms with Crippen LogP contribution in [0.1, 0.15) is 42.5 Å². The summed E-state index contributed by atoms with van der Waals surface area (Å²) in [5, 5.41) is 8.88. The summed E-state index contributed by atoms with van der Waals surface area (Å²) in [5.41, 5.74) is -0.124. The number of hydrogen-bond donors (Lipinski definition) is 1. The van der Waals surface area contributed by atoms with Crippen LogP contribution in [0.25, 0.3) is 0 Å². The fourth-order valence-corrected chi connectivity index (χ4v) is 2.95. The average molecular weight is 314 g/mol. The van der Waals surface area contributed by atoms with Crippen molar-refractivity contribution in [3.05, 3.63) is 34.6 Å². The highest BCUT2D eigenvalue weighted by molar-refractivity contribution is 6.33. The molecule has 1 amide bonds. The van der Waals surface area contributed by atoms with E-state index in [2.05, 4.69) is 0 Å². The first-order valence-corrected chi connectivity index (χ1v) is 7.35. The van der Waals surface area contributed by atoms with Crippen molar-refractivity contribution < 1.29 is 19.1 Å². The summed E-state index contributed by atoms with van der Waals surface area (Å²) in [5.74, 6) is -1.99. The molecule has 1 aliphatic heterocycles. The summed E-state index contributed by atoms with van der Waals surface area (Å²) in [4.78, 5) is 24.8. The Bertz CT molecular complexity index is 529. The monoisotopic (exact) mass is 313 g/mol. The van der Waals surface area contributed by atoms with Crippen molar-refractivity contribution in [1.82, 2.24) is 4.90 Å². The van der Waals surface area contributed by atoms with Crippen LogP contribution in [0.3, 0.4) is 0 Å². The van der Waals surface area contributed by atoms with E-state index in [0.717, 1.165) is 19.3 Å². The Balaban J connectivity index is 2.20. The number of aliphatic carboxylic acids is 1. The van der Waals surface area contributed by atoms with Gasteiger partial charge in [-0.3, -0.25) is 9.59 Å². The molecule has 21 heavy (non-hydrogen) atoms. The van der Waals surface area contributed by atoms with Gasteiger partial charge in [-0.15, -0.1) is 0 Å². The normalized spacial score (nSPS) is 18.6. The Morgan fingerprint density at radius 1 is 1.38 bits per heavy atom. The van der Waals surface area contributed by atoms with Gasteiger partial charge in [-0.2, -0.15) is 0 Å². The van der Waals surface area contributed by atoms with E-state index in [4.69, 9.17) is 16.7 Å². The molecule has 1 N–H and O–H groups in total. The second kappa shape index (κ2) is 6.89. The predicted molar refractivity (Wildman–Crippen MR) is 77.0 cm³/mol. The van der Waals surface area contributed by atoms with Crippen LogP contribution in [0, 0.1) is 5.82 Å². The molecule has 1 saturated heterocycles. The zero-order valence-electron chi connectivity index (χ0n) is 11.5. The van der Waals surface area contributed by atoms with Crippen LogP contribution in [-0.4, -0.2) is 34.5 Å². The van der Waals surface area contributed by atoms with Crippen LogP contribution in [0.5, 0.6) is 0 Å². The lowest BCUT2D eigenvalue weighted by Crippen LogP contribution is -2.44. The minimum Gasteiger partial charge on any atom is -0.481 e. The van der Waals surface area contributed by atoms with Gasteiger partial charge < -0.3 is 10.0 Å². The molecule has 1 atom stereocenters. The zero-order valence-corrected chi connectivity index (χ0v) is 12.3. The molecule has 1 fully saturated rings. The van der Waals surface area contributed by atoms with E-state index in [-0.39, 0.29) is 23.0 Å². The van der Waals surface area contributed by atoms with Gasteiger partial charge in [0, 0.05) is 19.0 Å². The average Bonchev–Trinajstić information content (AvgIpc) is 2.45. The van der Waals surface area contributed by atoms with Crippen LogP contribution in [0.2, 0.25) is 5.02 Å². The highest BCUT2D eigenvalue weighted by Gasteiger charge is 2.30. The van der Waals surface area contributed by atoms with Gasteiger partial charge in [0.25, 0.3) is 5.91 Å². The van der Waals surface area contributed by atoms with Gasteiger partial charge in [0.1, 0.15) is 5.82 Å². The van der Waals surface area contributed by atoms with Crippen molar-refractivity contribution in [1.29, 1.82) is 0 Å². The number of rotatable bonds is 4. The summed E-state index contributed by atoms with van der Waals surface area (Å²) in [6.07, 6.45) is 2.90. The fraction of sp³-hybridized carbons (Fsp3) is 0.467. The molecule has 1 unspecified atom stereocenters. The summed E-state index contributed by atoms with van der Waals surface area (Å²) >= 11 is 5.94. The molecule has 0 aromatic heterocycles. The largest absolute Gasteiger partial charge is 0.481 e. The Hall–Kier alpha value is -1.62. The van der Waals surface area contributed by atoms with Gasteiger partial charge >= 0.3 is 5.97 Å². The number of carboxylic acid groups (broad SMARTS) is 1. The number of hydrogen-bond acceptors (Lipinski definition) is 2. The molecule has 6 heteroatoms. The molecular weight excluding hydrogens is 297 g/mol. The minimum atomic E-state index is -0.892. The maximum Gasteiger partial charge on any atom is 0.303 e. The standard InChI is InChI=1S/C15H17ClFNO3/c16-11-5-3-6-12(17)14(11)15(21)18-9-2-1-4-10(18)7-8-13(19)20/h3,5-6,10H,1-2,4,7-9H2,(H,19,20). The number of carbonyl (C=O) groups excluding carboxylic acids is 1. The van der Waals surface area contributed by atoms with Crippen molar-refractivity contribution in [3.8, 4) is 0 Å². The van der Waals surface area contributed by atoms with E-state index in [1.807, 2.05) is 0 Å². The van der Waals surface area contributed by atoms with Crippen molar-refractivity contribution in [3.63, 3.8) is 0 Å². The molecule has 0 spiro atoms. The zero-order chi connectivity index (χ0) is 15.4. The van der Waals surface area contributed by atoms with Crippen molar-refractivity contribution in [2.45, 2.75) is 38.1 Å². The molecule has 4 nitrogen and oxygen atoms in total. The highest BCUT2D eigenvalue weighted by atomic mass is 35.5. The number of benzene rings is 1. The molecule has 1 aromatic rings. The third-order valence-electron chi connectivity index (χ3n) is 3.76. The molecule has 114 valence electrons. The highest BCUT2D eigenvalue weighted by Crippen LogP contribution is 2.27. The fourth-order valence-electron chi connectivity index (χ4n) is 2.70. The van der Waals surface area contributed by atoms with E-state index in [1.54, 1.807) is 4.90 Å². The van der Waals surface area contributed by atoms with E-state index in [9.17, 15) is 14.0 Å². The smallest absolute Gasteiger partial charge is 0.303 e. The summed E-state index contributed by atoms with van der Waals surface area (Å²) in [6.45, 7) is 0.508. The molecule has 1 aliphatic rings. The summed E-state index contributed by atoms with van der Waals surface area (Å²) in [7, 11) is 0. The van der Waals surface area contributed by atoms with Crippen molar-refractivity contribution in [2.75, 3.05) is 6.54 Å². The molecule has 0 aliphatic carbocycles. The summed E-state index contributed by atoms with van der Waals surface area (Å²) < 4.78 is 13.9. The molecule has 1 aromatic carbocycles. The van der Waals surface area contributed by atoms with Crippen molar-refractivity contribution in [2.24, 2.45) is 0 Å². The molecule has 1 heterocycles. The maximum absolute atomic E-state index is 13.9. The van der Waals surface area contributed by atoms with Crippen LogP contribution in [0.15, 0.2) is 18.2 Å². The summed E-state index contributed by atoms with van der Waals surface area (Å²) in [6, 6.07) is 3.97. The van der Waals surface area contributed by atoms with Crippen molar-refractivity contribution >= 4 is 23.5 Å². The van der Waals surface area contributed by atoms with Crippen LogP contribution < -0.4 is 0 Å². The second-order valence-electron chi connectivity index (χ2n) is 5.18. The van der Waals surface area contributed by atoms with Crippen LogP contribution in [0.4, 0.5) is 4.39 Å². The number of nitrogens with zero attached hydrogens (tertiary/aromatic N) is 1. The van der Waals surface area contributed by atoms with Crippen LogP contribution in [-0.2, 0) is 4.79 Å². The lowest BCUT2D eigenvalue weighted by Gasteiger charge is -2.36. The Morgan fingerprint density at radius 2 is 2.14 bits per heavy atom. The van der Waals surface area contributed by atoms with Gasteiger partial charge in [0.15, 0.2) is 0 Å². The van der Waals surface area contributed by atoms with Gasteiger partial charge in [0.05, 0.1) is 10.6 Å². The van der Waals surface area contributed by atoms with E-state index in [0.29, 0.717) is 13.0 Å². The van der Waals surface area contributed by atoms with Gasteiger partial charge in [-0.25, -0.2) is 4.39 Å². The Labute approximate surface area is 127 Å². The minimum absolute atomic E-state index is 0.000545. The third kappa shape index (κ3) is 3.73. The number of likely N-dealkylation sites (tertiary alicyclic amines) is 1. The first-order valence-electron chi connectivity index (χ1n) is 6.97.